The Morgan fingerprint density at radius 1 is 1.62 bits per heavy atom. The van der Waals surface area contributed by atoms with Gasteiger partial charge in [0.2, 0.25) is 0 Å². The highest BCUT2D eigenvalue weighted by molar-refractivity contribution is 4.81. The van der Waals surface area contributed by atoms with Gasteiger partial charge in [0.05, 0.1) is 0 Å². The van der Waals surface area contributed by atoms with E-state index in [1.807, 2.05) is 6.08 Å². The molecule has 48 valence electrons. The van der Waals surface area contributed by atoms with Gasteiger partial charge in [0.25, 0.3) is 0 Å². The maximum absolute atomic E-state index is 5.41. The van der Waals surface area contributed by atoms with Crippen LogP contribution in [-0.4, -0.2) is 6.54 Å². The topological polar surface area (TPSA) is 26.0 Å². The lowest BCUT2D eigenvalue weighted by Crippen LogP contribution is -2.16. The molecule has 0 rings (SSSR count). The second-order valence-corrected chi connectivity index (χ2v) is 2.38. The predicted octanol–water partition coefficient (Wildman–Crippen LogP) is 1.40. The van der Waals surface area contributed by atoms with Crippen molar-refractivity contribution < 1.29 is 0 Å². The van der Waals surface area contributed by atoms with E-state index in [0.717, 1.165) is 6.54 Å². The molecule has 8 heavy (non-hydrogen) atoms. The third kappa shape index (κ3) is 2.12. The Kier molecular flexibility index (Phi) is 3.53. The smallest absolute Gasteiger partial charge is 0.00118 e. The Bertz CT molecular complexity index is 66.8. The van der Waals surface area contributed by atoms with Gasteiger partial charge in [-0.15, -0.1) is 6.58 Å². The second-order valence-electron chi connectivity index (χ2n) is 2.38. The first-order chi connectivity index (χ1) is 3.72. The van der Waals surface area contributed by atoms with Gasteiger partial charge in [0.15, 0.2) is 0 Å². The van der Waals surface area contributed by atoms with Crippen LogP contribution in [0, 0.1) is 11.8 Å². The molecule has 0 aliphatic carbocycles. The fourth-order valence-electron chi connectivity index (χ4n) is 0.641. The molecule has 1 nitrogen and oxygen atoms in total. The van der Waals surface area contributed by atoms with Gasteiger partial charge >= 0.3 is 0 Å². The van der Waals surface area contributed by atoms with E-state index in [4.69, 9.17) is 5.73 Å². The van der Waals surface area contributed by atoms with Crippen LogP contribution in [0.2, 0.25) is 0 Å². The normalized spacial score (nSPS) is 14.0. The van der Waals surface area contributed by atoms with Crippen LogP contribution in [0.3, 0.4) is 0 Å². The van der Waals surface area contributed by atoms with Crippen LogP contribution in [0.5, 0.6) is 0 Å². The molecule has 0 aromatic heterocycles. The summed E-state index contributed by atoms with van der Waals surface area (Å²) in [5.41, 5.74) is 5.41. The highest BCUT2D eigenvalue weighted by Gasteiger charge is 2.04. The summed E-state index contributed by atoms with van der Waals surface area (Å²) >= 11 is 0. The van der Waals surface area contributed by atoms with E-state index in [1.54, 1.807) is 0 Å². The first kappa shape index (κ1) is 7.70. The summed E-state index contributed by atoms with van der Waals surface area (Å²) in [6, 6.07) is 0. The molecular formula is C7H15N. The molecule has 0 fully saturated rings. The molecule has 0 radical (unpaired) electrons. The van der Waals surface area contributed by atoms with Gasteiger partial charge in [-0.05, 0) is 18.4 Å². The SMILES string of the molecule is C=CC(CN)C(C)C. The van der Waals surface area contributed by atoms with Gasteiger partial charge in [0.1, 0.15) is 0 Å². The van der Waals surface area contributed by atoms with E-state index in [-0.39, 0.29) is 0 Å². The van der Waals surface area contributed by atoms with Crippen molar-refractivity contribution in [2.75, 3.05) is 6.54 Å². The minimum absolute atomic E-state index is 0.495. The average Bonchev–Trinajstić information content (AvgIpc) is 1.69. The fraction of sp³-hybridized carbons (Fsp3) is 0.714. The molecule has 0 saturated carbocycles. The van der Waals surface area contributed by atoms with Crippen LogP contribution in [0.4, 0.5) is 0 Å². The lowest BCUT2D eigenvalue weighted by molar-refractivity contribution is 0.476. The van der Waals surface area contributed by atoms with Crippen molar-refractivity contribution in [3.8, 4) is 0 Å². The number of nitrogens with two attached hydrogens (primary N) is 1. The van der Waals surface area contributed by atoms with E-state index in [2.05, 4.69) is 20.4 Å². The van der Waals surface area contributed by atoms with E-state index in [1.165, 1.54) is 0 Å². The summed E-state index contributed by atoms with van der Waals surface area (Å²) in [7, 11) is 0. The van der Waals surface area contributed by atoms with Crippen LogP contribution < -0.4 is 5.73 Å². The molecule has 0 bridgehead atoms. The summed E-state index contributed by atoms with van der Waals surface area (Å²) in [6.45, 7) is 8.70. The van der Waals surface area contributed by atoms with Crippen LogP contribution in [-0.2, 0) is 0 Å². The van der Waals surface area contributed by atoms with Crippen molar-refractivity contribution in [3.05, 3.63) is 12.7 Å². The largest absolute Gasteiger partial charge is 0.330 e. The maximum Gasteiger partial charge on any atom is -0.00118 e. The Morgan fingerprint density at radius 3 is 2.12 bits per heavy atom. The number of hydrogen-bond donors (Lipinski definition) is 1. The summed E-state index contributed by atoms with van der Waals surface area (Å²) in [5.74, 6) is 1.13. The molecule has 0 heterocycles. The Hall–Kier alpha value is -0.300. The monoisotopic (exact) mass is 113 g/mol. The lowest BCUT2D eigenvalue weighted by atomic mass is 9.97. The lowest BCUT2D eigenvalue weighted by Gasteiger charge is -2.12. The molecule has 0 aliphatic rings. The minimum atomic E-state index is 0.495. The third-order valence-electron chi connectivity index (χ3n) is 1.43. The molecule has 0 aromatic carbocycles. The molecule has 1 heteroatoms. The maximum atomic E-state index is 5.41. The van der Waals surface area contributed by atoms with Crippen LogP contribution in [0.25, 0.3) is 0 Å². The molecule has 0 aliphatic heterocycles. The van der Waals surface area contributed by atoms with Gasteiger partial charge in [-0.2, -0.15) is 0 Å². The zero-order valence-electron chi connectivity index (χ0n) is 5.72. The van der Waals surface area contributed by atoms with Crippen molar-refractivity contribution >= 4 is 0 Å². The molecular weight excluding hydrogens is 98.1 g/mol. The minimum Gasteiger partial charge on any atom is -0.330 e. The van der Waals surface area contributed by atoms with Gasteiger partial charge < -0.3 is 5.73 Å². The van der Waals surface area contributed by atoms with Crippen LogP contribution >= 0.6 is 0 Å². The zero-order chi connectivity index (χ0) is 6.57. The van der Waals surface area contributed by atoms with Crippen LogP contribution in [0.1, 0.15) is 13.8 Å². The van der Waals surface area contributed by atoms with Gasteiger partial charge in [-0.1, -0.05) is 19.9 Å². The average molecular weight is 113 g/mol. The van der Waals surface area contributed by atoms with Gasteiger partial charge in [-0.3, -0.25) is 0 Å². The number of hydrogen-bond acceptors (Lipinski definition) is 1. The molecule has 1 atom stereocenters. The molecule has 0 spiro atoms. The summed E-state index contributed by atoms with van der Waals surface area (Å²) < 4.78 is 0. The Morgan fingerprint density at radius 2 is 2.12 bits per heavy atom. The second kappa shape index (κ2) is 3.67. The molecule has 2 N–H and O–H groups in total. The molecule has 0 aromatic rings. The summed E-state index contributed by atoms with van der Waals surface area (Å²) in [6.07, 6.45) is 1.92. The van der Waals surface area contributed by atoms with Crippen molar-refractivity contribution in [1.82, 2.24) is 0 Å². The van der Waals surface area contributed by atoms with Crippen molar-refractivity contribution in [3.63, 3.8) is 0 Å². The van der Waals surface area contributed by atoms with E-state index in [9.17, 15) is 0 Å². The van der Waals surface area contributed by atoms with E-state index in [0.29, 0.717) is 11.8 Å². The first-order valence-electron chi connectivity index (χ1n) is 3.05. The zero-order valence-corrected chi connectivity index (χ0v) is 5.72. The summed E-state index contributed by atoms with van der Waals surface area (Å²) in [4.78, 5) is 0. The fourth-order valence-corrected chi connectivity index (χ4v) is 0.641. The van der Waals surface area contributed by atoms with Gasteiger partial charge in [0, 0.05) is 0 Å². The first-order valence-corrected chi connectivity index (χ1v) is 3.05. The molecule has 0 saturated heterocycles. The number of rotatable bonds is 3. The Balaban J connectivity index is 3.51. The molecule has 1 unspecified atom stereocenters. The third-order valence-corrected chi connectivity index (χ3v) is 1.43. The Labute approximate surface area is 51.6 Å². The van der Waals surface area contributed by atoms with Crippen molar-refractivity contribution in [1.29, 1.82) is 0 Å². The van der Waals surface area contributed by atoms with Crippen molar-refractivity contribution in [2.45, 2.75) is 13.8 Å². The summed E-state index contributed by atoms with van der Waals surface area (Å²) in [5, 5.41) is 0. The van der Waals surface area contributed by atoms with Gasteiger partial charge in [-0.25, -0.2) is 0 Å². The van der Waals surface area contributed by atoms with E-state index < -0.39 is 0 Å². The molecule has 0 amide bonds. The highest BCUT2D eigenvalue weighted by atomic mass is 14.5. The quantitative estimate of drug-likeness (QED) is 0.550. The van der Waals surface area contributed by atoms with Crippen molar-refractivity contribution in [2.24, 2.45) is 17.6 Å². The standard InChI is InChI=1S/C7H15N/c1-4-7(5-8)6(2)3/h4,6-7H,1,5,8H2,2-3H3. The van der Waals surface area contributed by atoms with Crippen LogP contribution in [0.15, 0.2) is 12.7 Å². The predicted molar refractivity (Wildman–Crippen MR) is 37.6 cm³/mol. The highest BCUT2D eigenvalue weighted by Crippen LogP contribution is 2.08. The van der Waals surface area contributed by atoms with E-state index >= 15 is 0 Å².